The van der Waals surface area contributed by atoms with Gasteiger partial charge in [0.25, 0.3) is 0 Å². The number of aliphatic hydroxyl groups is 4. The first-order valence-electron chi connectivity index (χ1n) is 9.80. The monoisotopic (exact) mass is 446 g/mol. The molecule has 1 saturated heterocycles. The lowest BCUT2D eigenvalue weighted by molar-refractivity contribution is -0.277. The summed E-state index contributed by atoms with van der Waals surface area (Å²) in [7, 11) is 1.36. The molecule has 4 rings (SSSR count). The summed E-state index contributed by atoms with van der Waals surface area (Å²) in [5, 5.41) is 50.0. The topological polar surface area (TPSA) is 163 Å². The van der Waals surface area contributed by atoms with Crippen molar-refractivity contribution < 1.29 is 49.3 Å². The summed E-state index contributed by atoms with van der Waals surface area (Å²) in [5.74, 6) is -1.58. The number of carbonyl (C=O) groups is 2. The molecule has 170 valence electrons. The molecule has 1 aliphatic heterocycles. The minimum absolute atomic E-state index is 0.0229. The van der Waals surface area contributed by atoms with Gasteiger partial charge in [0.1, 0.15) is 41.7 Å². The number of phenols is 1. The molecular formula is C22H22O10. The molecule has 2 aromatic rings. The zero-order valence-electron chi connectivity index (χ0n) is 17.2. The second kappa shape index (κ2) is 8.15. The summed E-state index contributed by atoms with van der Waals surface area (Å²) in [6.45, 7) is 1.01. The van der Waals surface area contributed by atoms with Crippen LogP contribution in [-0.4, -0.2) is 81.5 Å². The quantitative estimate of drug-likeness (QED) is 0.358. The molecule has 32 heavy (non-hydrogen) atoms. The average molecular weight is 446 g/mol. The summed E-state index contributed by atoms with van der Waals surface area (Å²) in [4.78, 5) is 26.5. The van der Waals surface area contributed by atoms with Crippen molar-refractivity contribution in [3.8, 4) is 17.2 Å². The van der Waals surface area contributed by atoms with Crippen LogP contribution in [0, 0.1) is 6.92 Å². The maximum absolute atomic E-state index is 13.3. The molecule has 0 amide bonds. The Bertz CT molecular complexity index is 1090. The van der Waals surface area contributed by atoms with E-state index in [1.54, 1.807) is 6.92 Å². The van der Waals surface area contributed by atoms with Crippen LogP contribution in [-0.2, 0) is 4.74 Å². The fraction of sp³-hybridized carbons (Fsp3) is 0.364. The number of phenolic OH excluding ortho intramolecular Hbond substituents is 1. The van der Waals surface area contributed by atoms with Gasteiger partial charge in [-0.15, -0.1) is 0 Å². The van der Waals surface area contributed by atoms with Crippen molar-refractivity contribution >= 4 is 11.6 Å². The van der Waals surface area contributed by atoms with Gasteiger partial charge in [0.15, 0.2) is 5.78 Å². The Labute approximate surface area is 182 Å². The Kier molecular flexibility index (Phi) is 5.65. The van der Waals surface area contributed by atoms with Crippen molar-refractivity contribution in [2.45, 2.75) is 37.6 Å². The van der Waals surface area contributed by atoms with Crippen molar-refractivity contribution in [3.05, 3.63) is 52.1 Å². The highest BCUT2D eigenvalue weighted by Crippen LogP contribution is 2.40. The summed E-state index contributed by atoms with van der Waals surface area (Å²) >= 11 is 0. The molecular weight excluding hydrogens is 424 g/mol. The van der Waals surface area contributed by atoms with Crippen LogP contribution >= 0.6 is 0 Å². The molecule has 5 unspecified atom stereocenters. The van der Waals surface area contributed by atoms with E-state index in [9.17, 15) is 35.1 Å². The number of benzene rings is 2. The number of aromatic hydroxyl groups is 1. The van der Waals surface area contributed by atoms with Crippen LogP contribution in [0.25, 0.3) is 0 Å². The average Bonchev–Trinajstić information content (AvgIpc) is 2.76. The molecule has 0 aromatic heterocycles. The number of methoxy groups -OCH3 is 1. The zero-order chi connectivity index (χ0) is 23.3. The Morgan fingerprint density at radius 1 is 0.938 bits per heavy atom. The van der Waals surface area contributed by atoms with Crippen LogP contribution in [0.2, 0.25) is 0 Å². The SMILES string of the molecule is COc1cc(O)c2c(c1)C(=O)c1cc(C)cc(OC3OC(CO)C(O)C(O)C3O)c1C2=O. The Morgan fingerprint density at radius 2 is 1.62 bits per heavy atom. The fourth-order valence-electron chi connectivity index (χ4n) is 3.96. The van der Waals surface area contributed by atoms with E-state index in [0.29, 0.717) is 5.56 Å². The van der Waals surface area contributed by atoms with Gasteiger partial charge in [0, 0.05) is 17.2 Å². The molecule has 1 fully saturated rings. The largest absolute Gasteiger partial charge is 0.507 e. The number of aliphatic hydroxyl groups excluding tert-OH is 4. The maximum Gasteiger partial charge on any atom is 0.229 e. The van der Waals surface area contributed by atoms with Crippen molar-refractivity contribution in [2.75, 3.05) is 13.7 Å². The summed E-state index contributed by atoms with van der Waals surface area (Å²) in [6.07, 6.45) is -7.73. The number of aryl methyl sites for hydroxylation is 1. The van der Waals surface area contributed by atoms with E-state index in [2.05, 4.69) is 0 Å². The summed E-state index contributed by atoms with van der Waals surface area (Å²) in [6, 6.07) is 5.51. The Balaban J connectivity index is 1.79. The molecule has 1 heterocycles. The predicted octanol–water partition coefficient (Wildman–Crippen LogP) is -0.337. The van der Waals surface area contributed by atoms with Crippen LogP contribution in [0.5, 0.6) is 17.2 Å². The fourth-order valence-corrected chi connectivity index (χ4v) is 3.96. The molecule has 10 nitrogen and oxygen atoms in total. The number of fused-ring (bicyclic) bond motifs is 2. The Hall–Kier alpha value is -3.02. The molecule has 10 heteroatoms. The van der Waals surface area contributed by atoms with Crippen LogP contribution in [0.4, 0.5) is 0 Å². The van der Waals surface area contributed by atoms with Gasteiger partial charge >= 0.3 is 0 Å². The van der Waals surface area contributed by atoms with Gasteiger partial charge in [0.2, 0.25) is 12.1 Å². The highest BCUT2D eigenvalue weighted by Gasteiger charge is 2.45. The van der Waals surface area contributed by atoms with Crippen LogP contribution in [0.3, 0.4) is 0 Å². The van der Waals surface area contributed by atoms with Crippen LogP contribution < -0.4 is 9.47 Å². The lowest BCUT2D eigenvalue weighted by Gasteiger charge is -2.39. The van der Waals surface area contributed by atoms with Crippen LogP contribution in [0.15, 0.2) is 24.3 Å². The molecule has 0 spiro atoms. The molecule has 2 aliphatic rings. The molecule has 5 atom stereocenters. The van der Waals surface area contributed by atoms with E-state index in [-0.39, 0.29) is 33.8 Å². The maximum atomic E-state index is 13.3. The lowest BCUT2D eigenvalue weighted by Crippen LogP contribution is -2.60. The number of ketones is 2. The molecule has 5 N–H and O–H groups in total. The Morgan fingerprint density at radius 3 is 2.28 bits per heavy atom. The van der Waals surface area contributed by atoms with Gasteiger partial charge in [-0.05, 0) is 30.7 Å². The highest BCUT2D eigenvalue weighted by atomic mass is 16.7. The van der Waals surface area contributed by atoms with E-state index in [0.717, 1.165) is 0 Å². The molecule has 0 bridgehead atoms. The predicted molar refractivity (Wildman–Crippen MR) is 107 cm³/mol. The number of carbonyl (C=O) groups excluding carboxylic acids is 2. The minimum Gasteiger partial charge on any atom is -0.507 e. The van der Waals surface area contributed by atoms with E-state index in [1.165, 1.54) is 31.4 Å². The first kappa shape index (κ1) is 22.2. The van der Waals surface area contributed by atoms with Gasteiger partial charge in [-0.1, -0.05) is 0 Å². The number of hydrogen-bond donors (Lipinski definition) is 5. The van der Waals surface area contributed by atoms with Gasteiger partial charge < -0.3 is 39.7 Å². The second-order valence-corrected chi connectivity index (χ2v) is 7.73. The second-order valence-electron chi connectivity index (χ2n) is 7.73. The van der Waals surface area contributed by atoms with Crippen molar-refractivity contribution in [1.82, 2.24) is 0 Å². The highest BCUT2D eigenvalue weighted by molar-refractivity contribution is 6.30. The van der Waals surface area contributed by atoms with E-state index >= 15 is 0 Å². The normalized spacial score (nSPS) is 27.0. The smallest absolute Gasteiger partial charge is 0.229 e. The van der Waals surface area contributed by atoms with E-state index in [1.807, 2.05) is 0 Å². The molecule has 1 aliphatic carbocycles. The van der Waals surface area contributed by atoms with E-state index in [4.69, 9.17) is 14.2 Å². The first-order chi connectivity index (χ1) is 15.2. The van der Waals surface area contributed by atoms with Gasteiger partial charge in [-0.25, -0.2) is 0 Å². The zero-order valence-corrected chi connectivity index (χ0v) is 17.2. The third-order valence-corrected chi connectivity index (χ3v) is 5.61. The third kappa shape index (κ3) is 3.42. The number of hydrogen-bond acceptors (Lipinski definition) is 10. The van der Waals surface area contributed by atoms with Gasteiger partial charge in [-0.3, -0.25) is 9.59 Å². The lowest BCUT2D eigenvalue weighted by atomic mass is 9.82. The van der Waals surface area contributed by atoms with Crippen LogP contribution in [0.1, 0.15) is 37.4 Å². The first-order valence-corrected chi connectivity index (χ1v) is 9.80. The standard InChI is InChI=1S/C22H22O10/c1-8-3-10-16(19(27)15-11(17(10)25)5-9(30-2)6-12(15)24)13(4-8)31-22-21(29)20(28)18(26)14(7-23)32-22/h3-6,14,18,20-24,26,28-29H,7H2,1-2H3. The van der Waals surface area contributed by atoms with Gasteiger partial charge in [-0.2, -0.15) is 0 Å². The van der Waals surface area contributed by atoms with Gasteiger partial charge in [0.05, 0.1) is 24.8 Å². The third-order valence-electron chi connectivity index (χ3n) is 5.61. The van der Waals surface area contributed by atoms with Crippen molar-refractivity contribution in [2.24, 2.45) is 0 Å². The minimum atomic E-state index is -1.71. The molecule has 2 aromatic carbocycles. The van der Waals surface area contributed by atoms with Crippen molar-refractivity contribution in [1.29, 1.82) is 0 Å². The summed E-state index contributed by atoms with van der Waals surface area (Å²) in [5.41, 5.74) is 0.190. The number of rotatable bonds is 4. The molecule has 0 saturated carbocycles. The molecule has 0 radical (unpaired) electrons. The van der Waals surface area contributed by atoms with E-state index < -0.39 is 54.6 Å². The summed E-state index contributed by atoms with van der Waals surface area (Å²) < 4.78 is 16.1. The number of ether oxygens (including phenoxy) is 3. The van der Waals surface area contributed by atoms with Crippen molar-refractivity contribution in [3.63, 3.8) is 0 Å².